The van der Waals surface area contributed by atoms with Crippen LogP contribution in [0.15, 0.2) is 78.9 Å². The summed E-state index contributed by atoms with van der Waals surface area (Å²) in [5, 5.41) is 6.40. The van der Waals surface area contributed by atoms with Gasteiger partial charge in [-0.3, -0.25) is 14.5 Å². The fourth-order valence-electron chi connectivity index (χ4n) is 3.99. The van der Waals surface area contributed by atoms with Gasteiger partial charge in [-0.2, -0.15) is 0 Å². The molecule has 0 radical (unpaired) electrons. The van der Waals surface area contributed by atoms with Gasteiger partial charge in [-0.1, -0.05) is 72.3 Å². The first-order valence-corrected chi connectivity index (χ1v) is 11.8. The third kappa shape index (κ3) is 6.44. The minimum atomic E-state index is -0.503. The number of carbonyl (C=O) groups excluding carboxylic acids is 2. The Hall–Kier alpha value is -3.19. The van der Waals surface area contributed by atoms with Gasteiger partial charge in [0.2, 0.25) is 5.91 Å². The maximum atomic E-state index is 13.1. The Kier molecular flexibility index (Phi) is 8.31. The van der Waals surface area contributed by atoms with Crippen molar-refractivity contribution in [2.75, 3.05) is 31.6 Å². The number of morpholine rings is 1. The lowest BCUT2D eigenvalue weighted by Crippen LogP contribution is -2.36. The summed E-state index contributed by atoms with van der Waals surface area (Å²) in [6.07, 6.45) is 0.0894. The van der Waals surface area contributed by atoms with Gasteiger partial charge in [0.15, 0.2) is 0 Å². The largest absolute Gasteiger partial charge is 0.379 e. The number of benzene rings is 3. The molecule has 3 aromatic rings. The van der Waals surface area contributed by atoms with Crippen molar-refractivity contribution in [2.45, 2.75) is 19.0 Å². The predicted molar refractivity (Wildman–Crippen MR) is 134 cm³/mol. The van der Waals surface area contributed by atoms with Crippen LogP contribution < -0.4 is 10.6 Å². The minimum Gasteiger partial charge on any atom is -0.379 e. The Morgan fingerprint density at radius 1 is 0.912 bits per heavy atom. The van der Waals surface area contributed by atoms with Gasteiger partial charge in [-0.05, 0) is 29.3 Å². The van der Waals surface area contributed by atoms with Gasteiger partial charge in [-0.15, -0.1) is 0 Å². The minimum absolute atomic E-state index is 0.0894. The molecule has 7 heteroatoms. The number of hydrogen-bond donors (Lipinski definition) is 2. The Morgan fingerprint density at radius 2 is 1.59 bits per heavy atom. The van der Waals surface area contributed by atoms with E-state index in [1.165, 1.54) is 0 Å². The topological polar surface area (TPSA) is 70.7 Å². The molecule has 176 valence electrons. The van der Waals surface area contributed by atoms with E-state index >= 15 is 0 Å². The molecule has 1 aliphatic heterocycles. The number of rotatable bonds is 8. The average Bonchev–Trinajstić information content (AvgIpc) is 2.86. The van der Waals surface area contributed by atoms with Crippen molar-refractivity contribution >= 4 is 29.1 Å². The lowest BCUT2D eigenvalue weighted by Gasteiger charge is -2.27. The predicted octanol–water partition coefficient (Wildman–Crippen LogP) is 4.67. The second kappa shape index (κ2) is 11.8. The Morgan fingerprint density at radius 3 is 2.35 bits per heavy atom. The normalized spacial score (nSPS) is 14.9. The Balaban J connectivity index is 1.47. The van der Waals surface area contributed by atoms with Crippen LogP contribution in [0.5, 0.6) is 0 Å². The van der Waals surface area contributed by atoms with E-state index in [1.807, 2.05) is 54.6 Å². The van der Waals surface area contributed by atoms with E-state index in [0.29, 0.717) is 10.6 Å². The van der Waals surface area contributed by atoms with E-state index in [0.717, 1.165) is 49.7 Å². The first-order chi connectivity index (χ1) is 16.6. The number of hydrogen-bond acceptors (Lipinski definition) is 4. The number of halogens is 1. The van der Waals surface area contributed by atoms with Gasteiger partial charge in [0, 0.05) is 25.3 Å². The van der Waals surface area contributed by atoms with Crippen LogP contribution in [0.4, 0.5) is 5.69 Å². The second-order valence-corrected chi connectivity index (χ2v) is 8.62. The fraction of sp³-hybridized carbons (Fsp3) is 0.259. The van der Waals surface area contributed by atoms with Crippen LogP contribution >= 0.6 is 11.6 Å². The number of ether oxygens (including phenoxy) is 1. The summed E-state index contributed by atoms with van der Waals surface area (Å²) in [6, 6.07) is 23.7. The first kappa shape index (κ1) is 24.0. The SMILES string of the molecule is O=C(CC(NC(=O)c1ccccc1Cl)c1ccccc1)Nc1ccccc1CN1CCOCC1. The van der Waals surface area contributed by atoms with Crippen molar-refractivity contribution in [1.82, 2.24) is 10.2 Å². The molecule has 1 heterocycles. The zero-order valence-electron chi connectivity index (χ0n) is 18.9. The maximum Gasteiger partial charge on any atom is 0.253 e. The van der Waals surface area contributed by atoms with Gasteiger partial charge in [0.25, 0.3) is 5.91 Å². The molecule has 1 unspecified atom stereocenters. The standard InChI is InChI=1S/C27H28ClN3O3/c28-23-12-6-5-11-22(23)27(33)30-25(20-8-2-1-3-9-20)18-26(32)29-24-13-7-4-10-21(24)19-31-14-16-34-17-15-31/h1-13,25H,14-19H2,(H,29,32)(H,30,33). The molecule has 3 aromatic carbocycles. The molecule has 1 fully saturated rings. The lowest BCUT2D eigenvalue weighted by atomic mass is 10.0. The van der Waals surface area contributed by atoms with E-state index in [4.69, 9.17) is 16.3 Å². The van der Waals surface area contributed by atoms with Crippen molar-refractivity contribution in [3.05, 3.63) is 101 Å². The van der Waals surface area contributed by atoms with Crippen LogP contribution in [0.1, 0.15) is 33.9 Å². The van der Waals surface area contributed by atoms with E-state index < -0.39 is 6.04 Å². The molecule has 4 rings (SSSR count). The monoisotopic (exact) mass is 477 g/mol. The van der Waals surface area contributed by atoms with Crippen LogP contribution in [0.25, 0.3) is 0 Å². The number of nitrogens with zero attached hydrogens (tertiary/aromatic N) is 1. The third-order valence-corrected chi connectivity index (χ3v) is 6.13. The number of para-hydroxylation sites is 1. The molecule has 0 saturated carbocycles. The zero-order valence-corrected chi connectivity index (χ0v) is 19.6. The van der Waals surface area contributed by atoms with Crippen LogP contribution in [0.2, 0.25) is 5.02 Å². The smallest absolute Gasteiger partial charge is 0.253 e. The Bertz CT molecular complexity index is 1120. The summed E-state index contributed by atoms with van der Waals surface area (Å²) in [4.78, 5) is 28.3. The maximum absolute atomic E-state index is 13.1. The molecule has 0 aromatic heterocycles. The van der Waals surface area contributed by atoms with E-state index in [1.54, 1.807) is 24.3 Å². The molecular formula is C27H28ClN3O3. The summed E-state index contributed by atoms with van der Waals surface area (Å²) in [7, 11) is 0. The molecule has 0 spiro atoms. The molecule has 1 aliphatic rings. The number of carbonyl (C=O) groups is 2. The zero-order chi connectivity index (χ0) is 23.8. The second-order valence-electron chi connectivity index (χ2n) is 8.21. The highest BCUT2D eigenvalue weighted by Crippen LogP contribution is 2.23. The van der Waals surface area contributed by atoms with Crippen molar-refractivity contribution in [1.29, 1.82) is 0 Å². The molecule has 2 amide bonds. The van der Waals surface area contributed by atoms with Crippen molar-refractivity contribution in [3.8, 4) is 0 Å². The molecule has 1 saturated heterocycles. The van der Waals surface area contributed by atoms with Crippen molar-refractivity contribution in [2.24, 2.45) is 0 Å². The molecule has 1 atom stereocenters. The van der Waals surface area contributed by atoms with E-state index in [2.05, 4.69) is 15.5 Å². The summed E-state index contributed by atoms with van der Waals surface area (Å²) in [5.74, 6) is -0.497. The van der Waals surface area contributed by atoms with Gasteiger partial charge in [0.1, 0.15) is 0 Å². The summed E-state index contributed by atoms with van der Waals surface area (Å²) in [5.41, 5.74) is 3.05. The summed E-state index contributed by atoms with van der Waals surface area (Å²) >= 11 is 6.21. The van der Waals surface area contributed by atoms with Crippen molar-refractivity contribution < 1.29 is 14.3 Å². The van der Waals surface area contributed by atoms with Crippen LogP contribution in [-0.2, 0) is 16.1 Å². The van der Waals surface area contributed by atoms with Gasteiger partial charge < -0.3 is 15.4 Å². The quantitative estimate of drug-likeness (QED) is 0.494. The lowest BCUT2D eigenvalue weighted by molar-refractivity contribution is -0.116. The molecule has 6 nitrogen and oxygen atoms in total. The number of nitrogens with one attached hydrogen (secondary N) is 2. The summed E-state index contributed by atoms with van der Waals surface area (Å²) in [6.45, 7) is 3.92. The third-order valence-electron chi connectivity index (χ3n) is 5.80. The van der Waals surface area contributed by atoms with Crippen LogP contribution in [-0.4, -0.2) is 43.0 Å². The Labute approximate surface area is 204 Å². The van der Waals surface area contributed by atoms with Gasteiger partial charge >= 0.3 is 0 Å². The molecule has 34 heavy (non-hydrogen) atoms. The average molecular weight is 478 g/mol. The highest BCUT2D eigenvalue weighted by Gasteiger charge is 2.21. The molecular weight excluding hydrogens is 450 g/mol. The van der Waals surface area contributed by atoms with Crippen LogP contribution in [0, 0.1) is 0 Å². The van der Waals surface area contributed by atoms with Crippen molar-refractivity contribution in [3.63, 3.8) is 0 Å². The van der Waals surface area contributed by atoms with E-state index in [-0.39, 0.29) is 18.2 Å². The van der Waals surface area contributed by atoms with Gasteiger partial charge in [0.05, 0.1) is 36.3 Å². The molecule has 0 bridgehead atoms. The molecule has 0 aliphatic carbocycles. The summed E-state index contributed by atoms with van der Waals surface area (Å²) < 4.78 is 5.43. The van der Waals surface area contributed by atoms with E-state index in [9.17, 15) is 9.59 Å². The number of anilines is 1. The first-order valence-electron chi connectivity index (χ1n) is 11.4. The van der Waals surface area contributed by atoms with Gasteiger partial charge in [-0.25, -0.2) is 0 Å². The highest BCUT2D eigenvalue weighted by atomic mass is 35.5. The number of amides is 2. The highest BCUT2D eigenvalue weighted by molar-refractivity contribution is 6.33. The molecule has 2 N–H and O–H groups in total. The van der Waals surface area contributed by atoms with Crippen LogP contribution in [0.3, 0.4) is 0 Å². The fourth-order valence-corrected chi connectivity index (χ4v) is 4.21.